The third-order valence-electron chi connectivity index (χ3n) is 11.7. The summed E-state index contributed by atoms with van der Waals surface area (Å²) in [6.45, 7) is 8.64. The lowest BCUT2D eigenvalue weighted by atomic mass is 9.43. The highest BCUT2D eigenvalue weighted by Crippen LogP contribution is 2.70. The number of rotatable bonds is 1. The maximum atomic E-state index is 6.58. The highest BCUT2D eigenvalue weighted by Gasteiger charge is 2.62. The van der Waals surface area contributed by atoms with Gasteiger partial charge in [-0.2, -0.15) is 0 Å². The summed E-state index contributed by atoms with van der Waals surface area (Å²) in [6, 6.07) is 21.3. The van der Waals surface area contributed by atoms with Gasteiger partial charge in [0.1, 0.15) is 0 Å². The first-order valence-electron chi connectivity index (χ1n) is 14.7. The van der Waals surface area contributed by atoms with E-state index < -0.39 is 0 Å². The number of fused-ring (bicyclic) bond motifs is 7. The summed E-state index contributed by atoms with van der Waals surface area (Å²) < 4.78 is 16.0. The van der Waals surface area contributed by atoms with Crippen LogP contribution in [0.4, 0.5) is 0 Å². The number of thiophene rings is 1. The zero-order valence-electron chi connectivity index (χ0n) is 22.8. The van der Waals surface area contributed by atoms with Crippen LogP contribution in [0.2, 0.25) is 0 Å². The molecule has 6 aliphatic rings. The molecule has 4 heteroatoms. The topological polar surface area (TPSA) is 18.5 Å². The van der Waals surface area contributed by atoms with Gasteiger partial charge in [-0.3, -0.25) is 0 Å². The molecule has 5 fully saturated rings. The lowest BCUT2D eigenvalue weighted by Crippen LogP contribution is -2.55. The Morgan fingerprint density at radius 1 is 0.737 bits per heavy atom. The third kappa shape index (κ3) is 2.63. The highest BCUT2D eigenvalue weighted by molar-refractivity contribution is 7.26. The van der Waals surface area contributed by atoms with Crippen LogP contribution >= 0.6 is 11.3 Å². The number of hydrogen-bond donors (Lipinski definition) is 0. The molecule has 0 amide bonds. The van der Waals surface area contributed by atoms with E-state index in [1.54, 1.807) is 11.1 Å². The molecule has 0 unspecified atom stereocenters. The molecule has 3 aromatic carbocycles. The lowest BCUT2D eigenvalue weighted by molar-refractivity contribution is -0.0398. The van der Waals surface area contributed by atoms with E-state index in [0.29, 0.717) is 0 Å². The first-order valence-corrected chi connectivity index (χ1v) is 15.5. The Morgan fingerprint density at radius 2 is 1.42 bits per heavy atom. The van der Waals surface area contributed by atoms with Gasteiger partial charge in [0.2, 0.25) is 0 Å². The molecule has 38 heavy (non-hydrogen) atoms. The summed E-state index contributed by atoms with van der Waals surface area (Å²) in [5, 5.41) is 2.91. The van der Waals surface area contributed by atoms with Gasteiger partial charge in [0, 0.05) is 25.6 Å². The fourth-order valence-electron chi connectivity index (χ4n) is 9.64. The zero-order valence-corrected chi connectivity index (χ0v) is 23.7. The minimum atomic E-state index is -0.332. The van der Waals surface area contributed by atoms with Crippen molar-refractivity contribution in [2.24, 2.45) is 23.7 Å². The molecule has 1 saturated heterocycles. The summed E-state index contributed by atoms with van der Waals surface area (Å²) in [5.74, 6) is 3.37. The fourth-order valence-corrected chi connectivity index (χ4v) is 10.8. The van der Waals surface area contributed by atoms with Crippen molar-refractivity contribution in [2.75, 3.05) is 0 Å². The van der Waals surface area contributed by atoms with Gasteiger partial charge in [-0.15, -0.1) is 11.3 Å². The van der Waals surface area contributed by atoms with E-state index in [4.69, 9.17) is 9.31 Å². The van der Waals surface area contributed by atoms with Crippen LogP contribution in [0.25, 0.3) is 31.3 Å². The van der Waals surface area contributed by atoms with E-state index >= 15 is 0 Å². The van der Waals surface area contributed by atoms with E-state index in [0.717, 1.165) is 23.7 Å². The number of hydrogen-bond acceptors (Lipinski definition) is 3. The molecule has 4 aromatic rings. The molecular weight excluding hydrogens is 483 g/mol. The first kappa shape index (κ1) is 22.7. The van der Waals surface area contributed by atoms with Gasteiger partial charge in [-0.25, -0.2) is 0 Å². The Hall–Kier alpha value is -2.14. The van der Waals surface area contributed by atoms with Crippen molar-refractivity contribution in [1.82, 2.24) is 0 Å². The Bertz CT molecular complexity index is 1620. The zero-order chi connectivity index (χ0) is 25.6. The van der Waals surface area contributed by atoms with Gasteiger partial charge >= 0.3 is 7.12 Å². The molecule has 5 aliphatic carbocycles. The molecule has 192 valence electrons. The fraction of sp³-hybridized carbons (Fsp3) is 0.471. The van der Waals surface area contributed by atoms with Gasteiger partial charge in [-0.05, 0) is 123 Å². The summed E-state index contributed by atoms with van der Waals surface area (Å²) >= 11 is 1.95. The Balaban J connectivity index is 1.32. The quantitative estimate of drug-likeness (QED) is 0.237. The Labute approximate surface area is 229 Å². The number of benzene rings is 3. The maximum Gasteiger partial charge on any atom is 0.494 e. The summed E-state index contributed by atoms with van der Waals surface area (Å²) in [6.07, 6.45) is 7.07. The van der Waals surface area contributed by atoms with Crippen LogP contribution < -0.4 is 5.46 Å². The minimum absolute atomic E-state index is 0.134. The second-order valence-corrected chi connectivity index (χ2v) is 15.1. The highest BCUT2D eigenvalue weighted by atomic mass is 32.1. The molecule has 1 aliphatic heterocycles. The standard InChI is InChI=1S/C34H35BO2S/c1-32(2)33(3,4)37-35(36-32)23-9-10-24-27(18-23)34(21-14-19-13-20(16-21)17-22(34)15-19)26-11-12-29-31(30(24)26)25-7-5-6-8-28(25)38-29/h5-12,18-22H,13-17H2,1-4H3. The van der Waals surface area contributed by atoms with E-state index in [1.165, 1.54) is 68.9 Å². The minimum Gasteiger partial charge on any atom is -0.399 e. The third-order valence-corrected chi connectivity index (χ3v) is 12.8. The summed E-state index contributed by atoms with van der Waals surface area (Å²) in [7, 11) is -0.315. The molecule has 2 heterocycles. The van der Waals surface area contributed by atoms with Crippen molar-refractivity contribution in [3.05, 3.63) is 65.7 Å². The van der Waals surface area contributed by atoms with Crippen molar-refractivity contribution in [2.45, 2.75) is 76.4 Å². The largest absolute Gasteiger partial charge is 0.494 e. The van der Waals surface area contributed by atoms with Gasteiger partial charge in [0.15, 0.2) is 0 Å². The SMILES string of the molecule is CC1(C)OB(c2ccc3c(c2)C2(c4ccc5sc6ccccc6c5c4-3)C3CC4CC(C3)CC2C4)OC1(C)C. The Kier molecular flexibility index (Phi) is 4.25. The molecule has 0 atom stereocenters. The van der Waals surface area contributed by atoms with Crippen LogP contribution in [0.15, 0.2) is 54.6 Å². The van der Waals surface area contributed by atoms with Crippen LogP contribution in [0.1, 0.15) is 70.9 Å². The van der Waals surface area contributed by atoms with Crippen LogP contribution in [0.3, 0.4) is 0 Å². The van der Waals surface area contributed by atoms with E-state index in [9.17, 15) is 0 Å². The lowest BCUT2D eigenvalue weighted by Gasteiger charge is -2.61. The monoisotopic (exact) mass is 518 g/mol. The smallest absolute Gasteiger partial charge is 0.399 e. The van der Waals surface area contributed by atoms with Gasteiger partial charge in [0.05, 0.1) is 11.2 Å². The predicted octanol–water partition coefficient (Wildman–Crippen LogP) is 8.08. The average molecular weight is 519 g/mol. The second-order valence-electron chi connectivity index (χ2n) is 14.0. The van der Waals surface area contributed by atoms with Crippen LogP contribution in [-0.2, 0) is 14.7 Å². The van der Waals surface area contributed by atoms with Gasteiger partial charge in [0.25, 0.3) is 0 Å². The van der Waals surface area contributed by atoms with Crippen molar-refractivity contribution < 1.29 is 9.31 Å². The summed E-state index contributed by atoms with van der Waals surface area (Å²) in [5.41, 5.74) is 6.87. The first-order chi connectivity index (χ1) is 18.3. The molecule has 4 bridgehead atoms. The molecule has 1 aromatic heterocycles. The molecule has 0 radical (unpaired) electrons. The molecular formula is C34H35BO2S. The van der Waals surface area contributed by atoms with Crippen molar-refractivity contribution >= 4 is 44.1 Å². The average Bonchev–Trinajstić information content (AvgIpc) is 3.47. The van der Waals surface area contributed by atoms with E-state index in [1.807, 2.05) is 11.3 Å². The van der Waals surface area contributed by atoms with Crippen molar-refractivity contribution in [3.8, 4) is 11.1 Å². The molecule has 10 rings (SSSR count). The van der Waals surface area contributed by atoms with Crippen LogP contribution in [0.5, 0.6) is 0 Å². The summed E-state index contributed by atoms with van der Waals surface area (Å²) in [4.78, 5) is 0. The Morgan fingerprint density at radius 3 is 2.13 bits per heavy atom. The van der Waals surface area contributed by atoms with Crippen molar-refractivity contribution in [1.29, 1.82) is 0 Å². The van der Waals surface area contributed by atoms with Gasteiger partial charge < -0.3 is 9.31 Å². The molecule has 4 saturated carbocycles. The van der Waals surface area contributed by atoms with Crippen LogP contribution in [-0.4, -0.2) is 18.3 Å². The van der Waals surface area contributed by atoms with Crippen LogP contribution in [0, 0.1) is 23.7 Å². The molecule has 2 nitrogen and oxygen atoms in total. The maximum absolute atomic E-state index is 6.58. The van der Waals surface area contributed by atoms with E-state index in [2.05, 4.69) is 82.3 Å². The predicted molar refractivity (Wildman–Crippen MR) is 158 cm³/mol. The van der Waals surface area contributed by atoms with Gasteiger partial charge in [-0.1, -0.05) is 42.5 Å². The molecule has 0 N–H and O–H groups in total. The van der Waals surface area contributed by atoms with E-state index in [-0.39, 0.29) is 23.7 Å². The molecule has 1 spiro atoms. The van der Waals surface area contributed by atoms with Crippen molar-refractivity contribution in [3.63, 3.8) is 0 Å². The normalized spacial score (nSPS) is 33.5. The second kappa shape index (κ2) is 7.13.